The summed E-state index contributed by atoms with van der Waals surface area (Å²) in [5.74, 6) is 0.229. The molecule has 156 valence electrons. The second-order valence-corrected chi connectivity index (χ2v) is 8.06. The molecule has 1 amide bonds. The number of benzene rings is 1. The molecule has 29 heavy (non-hydrogen) atoms. The van der Waals surface area contributed by atoms with E-state index in [-0.39, 0.29) is 5.88 Å². The lowest BCUT2D eigenvalue weighted by atomic mass is 9.91. The molecule has 0 radical (unpaired) electrons. The lowest BCUT2D eigenvalue weighted by molar-refractivity contribution is 0.0673. The van der Waals surface area contributed by atoms with Crippen molar-refractivity contribution < 1.29 is 14.7 Å². The van der Waals surface area contributed by atoms with Gasteiger partial charge in [-0.3, -0.25) is 4.57 Å². The Labute approximate surface area is 173 Å². The molecule has 4 rings (SSSR count). The monoisotopic (exact) mass is 420 g/mol. The van der Waals surface area contributed by atoms with Crippen molar-refractivity contribution in [2.45, 2.75) is 38.8 Å². The van der Waals surface area contributed by atoms with Crippen LogP contribution in [0, 0.1) is 5.92 Å². The van der Waals surface area contributed by atoms with Crippen molar-refractivity contribution >= 4 is 17.7 Å². The quantitative estimate of drug-likeness (QED) is 0.789. The Kier molecular flexibility index (Phi) is 5.82. The van der Waals surface area contributed by atoms with Gasteiger partial charge in [0.1, 0.15) is 0 Å². The summed E-state index contributed by atoms with van der Waals surface area (Å²) in [6.07, 6.45) is 3.22. The molecular formula is C20H25ClN4O4. The Morgan fingerprint density at radius 1 is 1.21 bits per heavy atom. The fraction of sp³-hybridized carbons (Fsp3) is 0.500. The maximum absolute atomic E-state index is 12.5. The first-order valence-corrected chi connectivity index (χ1v) is 10.4. The van der Waals surface area contributed by atoms with Crippen LogP contribution < -0.4 is 15.8 Å². The SMILES string of the molecule is O=C(On1c(O)c2n(c1=O)CCNC2)N1CCC(CCc2ccc(Cl)cc2)CC1. The van der Waals surface area contributed by atoms with Crippen molar-refractivity contribution in [3.63, 3.8) is 0 Å². The first-order chi connectivity index (χ1) is 14.0. The first-order valence-electron chi connectivity index (χ1n) is 9.98. The number of fused-ring (bicyclic) bond motifs is 1. The highest BCUT2D eigenvalue weighted by Gasteiger charge is 2.28. The summed E-state index contributed by atoms with van der Waals surface area (Å²) in [6, 6.07) is 7.91. The summed E-state index contributed by atoms with van der Waals surface area (Å²) in [4.78, 5) is 31.7. The Bertz CT molecular complexity index is 929. The van der Waals surface area contributed by atoms with Gasteiger partial charge in [0, 0.05) is 37.7 Å². The molecule has 2 N–H and O–H groups in total. The summed E-state index contributed by atoms with van der Waals surface area (Å²) < 4.78 is 2.14. The number of carbonyl (C=O) groups is 1. The smallest absolute Gasteiger partial charge is 0.434 e. The molecule has 3 heterocycles. The first kappa shape index (κ1) is 19.8. The zero-order chi connectivity index (χ0) is 20.4. The molecule has 2 aromatic rings. The summed E-state index contributed by atoms with van der Waals surface area (Å²) in [7, 11) is 0. The minimum atomic E-state index is -0.602. The summed E-state index contributed by atoms with van der Waals surface area (Å²) in [5, 5.41) is 14.1. The molecule has 1 fully saturated rings. The second kappa shape index (κ2) is 8.51. The van der Waals surface area contributed by atoms with E-state index in [2.05, 4.69) is 5.32 Å². The van der Waals surface area contributed by atoms with E-state index < -0.39 is 11.8 Å². The van der Waals surface area contributed by atoms with Crippen LogP contribution in [-0.2, 0) is 19.5 Å². The van der Waals surface area contributed by atoms with Gasteiger partial charge < -0.3 is 20.2 Å². The number of aromatic nitrogens is 2. The largest absolute Gasteiger partial charge is 0.491 e. The van der Waals surface area contributed by atoms with Gasteiger partial charge in [-0.2, -0.15) is 0 Å². The van der Waals surface area contributed by atoms with Crippen molar-refractivity contribution in [3.05, 3.63) is 51.0 Å². The fourth-order valence-electron chi connectivity index (χ4n) is 4.00. The number of aryl methyl sites for hydroxylation is 1. The maximum Gasteiger partial charge on any atom is 0.434 e. The molecule has 1 aromatic heterocycles. The maximum atomic E-state index is 12.5. The average Bonchev–Trinajstić information content (AvgIpc) is 2.99. The Balaban J connectivity index is 1.30. The molecule has 0 saturated carbocycles. The number of amides is 1. The van der Waals surface area contributed by atoms with Gasteiger partial charge in [-0.1, -0.05) is 28.5 Å². The lowest BCUT2D eigenvalue weighted by Gasteiger charge is -2.31. The number of halogens is 1. The van der Waals surface area contributed by atoms with Crippen molar-refractivity contribution in [2.24, 2.45) is 5.92 Å². The van der Waals surface area contributed by atoms with E-state index in [1.807, 2.05) is 24.3 Å². The number of carbonyl (C=O) groups excluding carboxylic acids is 1. The number of aromatic hydroxyl groups is 1. The third kappa shape index (κ3) is 4.28. The fourth-order valence-corrected chi connectivity index (χ4v) is 4.13. The summed E-state index contributed by atoms with van der Waals surface area (Å²) in [6.45, 7) is 2.59. The number of hydrogen-bond donors (Lipinski definition) is 2. The zero-order valence-electron chi connectivity index (χ0n) is 16.1. The van der Waals surface area contributed by atoms with Crippen LogP contribution in [0.4, 0.5) is 4.79 Å². The van der Waals surface area contributed by atoms with Crippen molar-refractivity contribution in [3.8, 4) is 5.88 Å². The third-order valence-electron chi connectivity index (χ3n) is 5.78. The van der Waals surface area contributed by atoms with Crippen LogP contribution in [-0.4, -0.2) is 45.0 Å². The molecule has 0 atom stereocenters. The molecule has 9 heteroatoms. The predicted molar refractivity (Wildman–Crippen MR) is 108 cm³/mol. The van der Waals surface area contributed by atoms with Crippen LogP contribution in [0.2, 0.25) is 5.02 Å². The van der Waals surface area contributed by atoms with Crippen LogP contribution in [0.5, 0.6) is 5.88 Å². The highest BCUT2D eigenvalue weighted by atomic mass is 35.5. The lowest BCUT2D eigenvalue weighted by Crippen LogP contribution is -2.44. The zero-order valence-corrected chi connectivity index (χ0v) is 16.9. The molecule has 0 bridgehead atoms. The molecule has 1 aromatic carbocycles. The highest BCUT2D eigenvalue weighted by Crippen LogP contribution is 2.23. The number of nitrogens with zero attached hydrogens (tertiary/aromatic N) is 3. The van der Waals surface area contributed by atoms with Crippen molar-refractivity contribution in [1.29, 1.82) is 0 Å². The van der Waals surface area contributed by atoms with Gasteiger partial charge in [-0.25, -0.2) is 9.59 Å². The van der Waals surface area contributed by atoms with Crippen molar-refractivity contribution in [1.82, 2.24) is 19.5 Å². The Morgan fingerprint density at radius 3 is 2.62 bits per heavy atom. The van der Waals surface area contributed by atoms with E-state index >= 15 is 0 Å². The minimum Gasteiger partial charge on any atom is -0.491 e. The molecular weight excluding hydrogens is 396 g/mol. The van der Waals surface area contributed by atoms with Crippen LogP contribution >= 0.6 is 11.6 Å². The normalized spacial score (nSPS) is 17.2. The van der Waals surface area contributed by atoms with Crippen LogP contribution in [0.1, 0.15) is 30.5 Å². The predicted octanol–water partition coefficient (Wildman–Crippen LogP) is 2.01. The molecule has 0 aliphatic carbocycles. The molecule has 2 aliphatic rings. The number of imidazole rings is 1. The number of likely N-dealkylation sites (tertiary alicyclic amines) is 1. The van der Waals surface area contributed by atoms with E-state index in [9.17, 15) is 14.7 Å². The third-order valence-corrected chi connectivity index (χ3v) is 6.03. The molecule has 0 unspecified atom stereocenters. The van der Waals surface area contributed by atoms with Gasteiger partial charge in [0.15, 0.2) is 0 Å². The summed E-state index contributed by atoms with van der Waals surface area (Å²) in [5.41, 5.74) is 1.18. The number of nitrogens with one attached hydrogen (secondary N) is 1. The molecule has 2 aliphatic heterocycles. The van der Waals surface area contributed by atoms with Gasteiger partial charge in [-0.05, 0) is 49.3 Å². The van der Waals surface area contributed by atoms with E-state index in [4.69, 9.17) is 16.4 Å². The van der Waals surface area contributed by atoms with E-state index in [1.165, 1.54) is 10.1 Å². The van der Waals surface area contributed by atoms with E-state index in [1.54, 1.807) is 4.90 Å². The van der Waals surface area contributed by atoms with Gasteiger partial charge in [-0.15, -0.1) is 0 Å². The average molecular weight is 421 g/mol. The number of hydrogen-bond acceptors (Lipinski definition) is 5. The van der Waals surface area contributed by atoms with Gasteiger partial charge >= 0.3 is 11.8 Å². The van der Waals surface area contributed by atoms with Gasteiger partial charge in [0.25, 0.3) is 5.88 Å². The van der Waals surface area contributed by atoms with Crippen LogP contribution in [0.15, 0.2) is 29.1 Å². The van der Waals surface area contributed by atoms with E-state index in [0.717, 1.165) is 30.7 Å². The van der Waals surface area contributed by atoms with Crippen LogP contribution in [0.3, 0.4) is 0 Å². The summed E-state index contributed by atoms with van der Waals surface area (Å²) >= 11 is 5.92. The van der Waals surface area contributed by atoms with Gasteiger partial charge in [0.2, 0.25) is 0 Å². The Morgan fingerprint density at radius 2 is 1.93 bits per heavy atom. The number of piperidine rings is 1. The highest BCUT2D eigenvalue weighted by molar-refractivity contribution is 6.30. The minimum absolute atomic E-state index is 0.312. The number of rotatable bonds is 4. The molecule has 1 saturated heterocycles. The topological polar surface area (TPSA) is 88.7 Å². The second-order valence-electron chi connectivity index (χ2n) is 7.63. The molecule has 8 nitrogen and oxygen atoms in total. The van der Waals surface area contributed by atoms with Gasteiger partial charge in [0.05, 0.1) is 5.69 Å². The standard InChI is InChI=1S/C20H25ClN4O4/c21-16-5-3-14(4-6-16)1-2-15-7-10-23(11-8-15)20(28)29-25-18(26)17-13-22-9-12-24(17)19(25)27/h3-6,15,22,26H,1-2,7-13H2. The Hall–Kier alpha value is -2.45. The van der Waals surface area contributed by atoms with E-state index in [0.29, 0.717) is 49.1 Å². The van der Waals surface area contributed by atoms with Crippen molar-refractivity contribution in [2.75, 3.05) is 19.6 Å². The van der Waals surface area contributed by atoms with Crippen LogP contribution in [0.25, 0.3) is 0 Å². The molecule has 0 spiro atoms.